The molecule has 0 aliphatic rings. The summed E-state index contributed by atoms with van der Waals surface area (Å²) in [5.41, 5.74) is 4.59. The highest BCUT2D eigenvalue weighted by Gasteiger charge is 2.10. The number of hydrazine groups is 1. The number of amides is 1. The zero-order chi connectivity index (χ0) is 14.7. The lowest BCUT2D eigenvalue weighted by molar-refractivity contribution is 0.0953. The van der Waals surface area contributed by atoms with E-state index in [4.69, 9.17) is 10.3 Å². The van der Waals surface area contributed by atoms with Crippen LogP contribution in [0.3, 0.4) is 0 Å². The first-order chi connectivity index (χ1) is 10.3. The van der Waals surface area contributed by atoms with Crippen LogP contribution >= 0.6 is 0 Å². The van der Waals surface area contributed by atoms with Crippen molar-refractivity contribution in [3.63, 3.8) is 0 Å². The van der Waals surface area contributed by atoms with Crippen LogP contribution in [0.25, 0.3) is 11.1 Å². The molecule has 1 aromatic carbocycles. The highest BCUT2D eigenvalue weighted by molar-refractivity contribution is 5.93. The van der Waals surface area contributed by atoms with E-state index < -0.39 is 0 Å². The van der Waals surface area contributed by atoms with Gasteiger partial charge in [-0.2, -0.15) is 5.10 Å². The molecular weight excluding hydrogens is 268 g/mol. The van der Waals surface area contributed by atoms with Crippen LogP contribution in [-0.4, -0.2) is 15.7 Å². The van der Waals surface area contributed by atoms with Gasteiger partial charge in [0.2, 0.25) is 0 Å². The maximum atomic E-state index is 11.3. The van der Waals surface area contributed by atoms with E-state index in [9.17, 15) is 4.79 Å². The van der Waals surface area contributed by atoms with Gasteiger partial charge in [-0.1, -0.05) is 30.3 Å². The average Bonchev–Trinajstić information content (AvgIpc) is 3.17. The number of aromatic nitrogens is 2. The van der Waals surface area contributed by atoms with Crippen molar-refractivity contribution < 1.29 is 9.21 Å². The van der Waals surface area contributed by atoms with Crippen molar-refractivity contribution in [3.05, 3.63) is 66.4 Å². The van der Waals surface area contributed by atoms with Crippen molar-refractivity contribution in [1.82, 2.24) is 15.2 Å². The molecule has 0 aliphatic heterocycles. The van der Waals surface area contributed by atoms with Crippen molar-refractivity contribution >= 4 is 5.91 Å². The topological polar surface area (TPSA) is 86.1 Å². The molecule has 0 saturated heterocycles. The molecule has 0 bridgehead atoms. The number of nitrogens with zero attached hydrogens (tertiary/aromatic N) is 2. The molecule has 2 aromatic heterocycles. The van der Waals surface area contributed by atoms with E-state index in [0.717, 1.165) is 11.1 Å². The number of rotatable bonds is 4. The monoisotopic (exact) mass is 282 g/mol. The van der Waals surface area contributed by atoms with E-state index in [1.54, 1.807) is 16.9 Å². The van der Waals surface area contributed by atoms with E-state index in [1.165, 1.54) is 6.26 Å². The predicted octanol–water partition coefficient (Wildman–Crippen LogP) is 1.79. The second-order valence-electron chi connectivity index (χ2n) is 4.57. The van der Waals surface area contributed by atoms with Crippen molar-refractivity contribution in [2.45, 2.75) is 6.54 Å². The predicted molar refractivity (Wildman–Crippen MR) is 77.1 cm³/mol. The van der Waals surface area contributed by atoms with Crippen LogP contribution in [0.2, 0.25) is 0 Å². The largest absolute Gasteiger partial charge is 0.467 e. The number of nitrogens with two attached hydrogens (primary N) is 1. The fraction of sp³-hybridized carbons (Fsp3) is 0.0667. The molecule has 0 atom stereocenters. The van der Waals surface area contributed by atoms with E-state index in [-0.39, 0.29) is 5.91 Å². The van der Waals surface area contributed by atoms with Crippen LogP contribution < -0.4 is 11.3 Å². The number of carbonyl (C=O) groups is 1. The van der Waals surface area contributed by atoms with Crippen LogP contribution in [0, 0.1) is 0 Å². The molecule has 0 fully saturated rings. The van der Waals surface area contributed by atoms with Crippen LogP contribution in [-0.2, 0) is 6.54 Å². The van der Waals surface area contributed by atoms with Gasteiger partial charge in [0.15, 0.2) is 0 Å². The van der Waals surface area contributed by atoms with Gasteiger partial charge in [-0.15, -0.1) is 0 Å². The van der Waals surface area contributed by atoms with Crippen LogP contribution in [0.4, 0.5) is 0 Å². The summed E-state index contributed by atoms with van der Waals surface area (Å²) in [6.45, 7) is 0.449. The fourth-order valence-corrected chi connectivity index (χ4v) is 2.06. The smallest absolute Gasteiger partial charge is 0.268 e. The Kier molecular flexibility index (Phi) is 3.53. The van der Waals surface area contributed by atoms with Gasteiger partial charge in [-0.3, -0.25) is 14.9 Å². The Morgan fingerprint density at radius 2 is 2.10 bits per heavy atom. The molecule has 0 unspecified atom stereocenters. The Hall–Kier alpha value is -2.86. The molecule has 106 valence electrons. The molecule has 6 nitrogen and oxygen atoms in total. The first-order valence-electron chi connectivity index (χ1n) is 6.42. The summed E-state index contributed by atoms with van der Waals surface area (Å²) >= 11 is 0. The maximum Gasteiger partial charge on any atom is 0.268 e. The number of hydrogen-bond acceptors (Lipinski definition) is 4. The molecule has 2 heterocycles. The Bertz CT molecular complexity index is 746. The highest BCUT2D eigenvalue weighted by Crippen LogP contribution is 2.18. The zero-order valence-electron chi connectivity index (χ0n) is 11.2. The summed E-state index contributed by atoms with van der Waals surface area (Å²) in [4.78, 5) is 11.3. The van der Waals surface area contributed by atoms with Crippen molar-refractivity contribution in [3.8, 4) is 11.1 Å². The van der Waals surface area contributed by atoms with Crippen LogP contribution in [0.15, 0.2) is 59.5 Å². The summed E-state index contributed by atoms with van der Waals surface area (Å²) in [6, 6.07) is 11.6. The van der Waals surface area contributed by atoms with Gasteiger partial charge >= 0.3 is 0 Å². The highest BCUT2D eigenvalue weighted by atomic mass is 16.3. The molecular formula is C15H14N4O2. The standard InChI is InChI=1S/C15H14N4O2/c16-18-15(20)12-6-14(21-10-12)9-19-8-13(7-17-19)11-4-2-1-3-5-11/h1-8,10H,9,16H2,(H,18,20). The van der Waals surface area contributed by atoms with Crippen LogP contribution in [0.5, 0.6) is 0 Å². The quantitative estimate of drug-likeness (QED) is 0.434. The molecule has 0 saturated carbocycles. The van der Waals surface area contributed by atoms with Gasteiger partial charge in [0.1, 0.15) is 12.0 Å². The van der Waals surface area contributed by atoms with Crippen molar-refractivity contribution in [1.29, 1.82) is 0 Å². The minimum atomic E-state index is -0.379. The Labute approximate surface area is 121 Å². The Morgan fingerprint density at radius 3 is 2.86 bits per heavy atom. The third-order valence-corrected chi connectivity index (χ3v) is 3.11. The van der Waals surface area contributed by atoms with Crippen LogP contribution in [0.1, 0.15) is 16.1 Å². The fourth-order valence-electron chi connectivity index (χ4n) is 2.06. The first-order valence-corrected chi connectivity index (χ1v) is 6.42. The minimum absolute atomic E-state index is 0.379. The minimum Gasteiger partial charge on any atom is -0.467 e. The molecule has 3 aromatic rings. The van der Waals surface area contributed by atoms with Gasteiger partial charge in [0.05, 0.1) is 18.3 Å². The number of nitrogens with one attached hydrogen (secondary N) is 1. The molecule has 0 aliphatic carbocycles. The molecule has 1 amide bonds. The van der Waals surface area contributed by atoms with Crippen molar-refractivity contribution in [2.24, 2.45) is 5.84 Å². The normalized spacial score (nSPS) is 10.5. The van der Waals surface area contributed by atoms with Gasteiger partial charge in [-0.25, -0.2) is 5.84 Å². The number of furan rings is 1. The summed E-state index contributed by atoms with van der Waals surface area (Å²) in [6.07, 6.45) is 5.10. The number of carbonyl (C=O) groups excluding carboxylic acids is 1. The SMILES string of the molecule is NNC(=O)c1coc(Cn2cc(-c3ccccc3)cn2)c1. The average molecular weight is 282 g/mol. The summed E-state index contributed by atoms with van der Waals surface area (Å²) < 4.78 is 7.08. The maximum absolute atomic E-state index is 11.3. The summed E-state index contributed by atoms with van der Waals surface area (Å²) in [5, 5.41) is 4.29. The van der Waals surface area contributed by atoms with E-state index in [1.807, 2.05) is 36.5 Å². The zero-order valence-corrected chi connectivity index (χ0v) is 11.2. The van der Waals surface area contributed by atoms with E-state index in [0.29, 0.717) is 17.9 Å². The second-order valence-corrected chi connectivity index (χ2v) is 4.57. The van der Waals surface area contributed by atoms with Gasteiger partial charge in [0.25, 0.3) is 5.91 Å². The summed E-state index contributed by atoms with van der Waals surface area (Å²) in [5.74, 6) is 5.33. The molecule has 6 heteroatoms. The van der Waals surface area contributed by atoms with Gasteiger partial charge in [-0.05, 0) is 11.6 Å². The molecule has 0 spiro atoms. The molecule has 21 heavy (non-hydrogen) atoms. The van der Waals surface area contributed by atoms with Gasteiger partial charge < -0.3 is 4.42 Å². The van der Waals surface area contributed by atoms with E-state index >= 15 is 0 Å². The number of benzene rings is 1. The third kappa shape index (κ3) is 2.85. The summed E-state index contributed by atoms with van der Waals surface area (Å²) in [7, 11) is 0. The molecule has 0 radical (unpaired) electrons. The third-order valence-electron chi connectivity index (χ3n) is 3.11. The Balaban J connectivity index is 1.76. The number of nitrogen functional groups attached to an aromatic ring is 1. The lowest BCUT2D eigenvalue weighted by atomic mass is 10.1. The first kappa shape index (κ1) is 13.1. The van der Waals surface area contributed by atoms with Crippen molar-refractivity contribution in [2.75, 3.05) is 0 Å². The molecule has 3 rings (SSSR count). The van der Waals surface area contributed by atoms with Gasteiger partial charge in [0, 0.05) is 11.8 Å². The lowest BCUT2D eigenvalue weighted by Crippen LogP contribution is -2.29. The Morgan fingerprint density at radius 1 is 1.29 bits per heavy atom. The second kappa shape index (κ2) is 5.64. The molecule has 3 N–H and O–H groups in total. The lowest BCUT2D eigenvalue weighted by Gasteiger charge is -1.97. The number of hydrogen-bond donors (Lipinski definition) is 2. The van der Waals surface area contributed by atoms with E-state index in [2.05, 4.69) is 10.5 Å².